The molecule has 0 bridgehead atoms. The third kappa shape index (κ3) is 3.90. The lowest BCUT2D eigenvalue weighted by molar-refractivity contribution is 0.561. The minimum atomic E-state index is 0.365. The van der Waals surface area contributed by atoms with Crippen molar-refractivity contribution in [2.24, 2.45) is 4.99 Å². The van der Waals surface area contributed by atoms with Crippen LogP contribution in [0.2, 0.25) is 0 Å². The summed E-state index contributed by atoms with van der Waals surface area (Å²) in [6.07, 6.45) is 3.47. The van der Waals surface area contributed by atoms with Crippen molar-refractivity contribution in [3.8, 4) is 0 Å². The van der Waals surface area contributed by atoms with Gasteiger partial charge < -0.3 is 0 Å². The third-order valence-electron chi connectivity index (χ3n) is 3.23. The van der Waals surface area contributed by atoms with E-state index in [0.29, 0.717) is 12.5 Å². The SMILES string of the molecule is O=C=NCCCC(c1ccccc1)c1ccccc1. The topological polar surface area (TPSA) is 29.4 Å². The van der Waals surface area contributed by atoms with Gasteiger partial charge in [-0.15, -0.1) is 0 Å². The van der Waals surface area contributed by atoms with Crippen LogP contribution in [0.1, 0.15) is 29.9 Å². The highest BCUT2D eigenvalue weighted by Gasteiger charge is 2.12. The lowest BCUT2D eigenvalue weighted by Crippen LogP contribution is -2.02. The van der Waals surface area contributed by atoms with Crippen LogP contribution in [0.3, 0.4) is 0 Å². The number of aliphatic imine (C=N–C) groups is 1. The zero-order valence-corrected chi connectivity index (χ0v) is 10.8. The van der Waals surface area contributed by atoms with Crippen molar-refractivity contribution < 1.29 is 4.79 Å². The minimum absolute atomic E-state index is 0.365. The number of rotatable bonds is 6. The van der Waals surface area contributed by atoms with Gasteiger partial charge in [0.15, 0.2) is 0 Å². The summed E-state index contributed by atoms with van der Waals surface area (Å²) >= 11 is 0. The van der Waals surface area contributed by atoms with E-state index in [1.807, 2.05) is 12.1 Å². The summed E-state index contributed by atoms with van der Waals surface area (Å²) in [6, 6.07) is 20.9. The number of benzene rings is 2. The van der Waals surface area contributed by atoms with Gasteiger partial charge in [0.2, 0.25) is 6.08 Å². The van der Waals surface area contributed by atoms with Crippen LogP contribution in [0, 0.1) is 0 Å². The molecule has 2 nitrogen and oxygen atoms in total. The molecule has 0 radical (unpaired) electrons. The molecule has 0 aliphatic carbocycles. The first-order chi connectivity index (χ1) is 9.42. The first-order valence-electron chi connectivity index (χ1n) is 6.55. The second kappa shape index (κ2) is 7.30. The first kappa shape index (κ1) is 13.3. The van der Waals surface area contributed by atoms with Crippen LogP contribution in [0.25, 0.3) is 0 Å². The smallest absolute Gasteiger partial charge is 0.211 e. The van der Waals surface area contributed by atoms with Crippen molar-refractivity contribution in [2.75, 3.05) is 6.54 Å². The molecule has 2 aromatic carbocycles. The molecule has 0 unspecified atom stereocenters. The maximum absolute atomic E-state index is 10.1. The Kier molecular flexibility index (Phi) is 5.09. The van der Waals surface area contributed by atoms with E-state index in [1.54, 1.807) is 6.08 Å². The van der Waals surface area contributed by atoms with E-state index in [9.17, 15) is 4.79 Å². The molecule has 0 amide bonds. The van der Waals surface area contributed by atoms with Crippen LogP contribution in [0.5, 0.6) is 0 Å². The van der Waals surface area contributed by atoms with Gasteiger partial charge in [-0.05, 0) is 24.0 Å². The summed E-state index contributed by atoms with van der Waals surface area (Å²) in [7, 11) is 0. The average molecular weight is 251 g/mol. The molecule has 0 saturated heterocycles. The fourth-order valence-corrected chi connectivity index (χ4v) is 2.32. The Morgan fingerprint density at radius 3 is 1.89 bits per heavy atom. The number of nitrogens with zero attached hydrogens (tertiary/aromatic N) is 1. The molecule has 96 valence electrons. The number of carbonyl (C=O) groups excluding carboxylic acids is 1. The summed E-state index contributed by atoms with van der Waals surface area (Å²) < 4.78 is 0. The number of hydrogen-bond donors (Lipinski definition) is 0. The second-order valence-electron chi connectivity index (χ2n) is 4.49. The van der Waals surface area contributed by atoms with Crippen LogP contribution in [0.4, 0.5) is 0 Å². The maximum atomic E-state index is 10.1. The van der Waals surface area contributed by atoms with E-state index in [2.05, 4.69) is 53.5 Å². The second-order valence-corrected chi connectivity index (χ2v) is 4.49. The van der Waals surface area contributed by atoms with E-state index in [0.717, 1.165) is 12.8 Å². The summed E-state index contributed by atoms with van der Waals surface area (Å²) in [5.74, 6) is 0.365. The zero-order valence-electron chi connectivity index (χ0n) is 10.8. The fourth-order valence-electron chi connectivity index (χ4n) is 2.32. The minimum Gasteiger partial charge on any atom is -0.211 e. The van der Waals surface area contributed by atoms with Gasteiger partial charge in [-0.25, -0.2) is 9.79 Å². The lowest BCUT2D eigenvalue weighted by Gasteiger charge is -2.17. The van der Waals surface area contributed by atoms with Gasteiger partial charge in [-0.2, -0.15) is 0 Å². The van der Waals surface area contributed by atoms with E-state index in [4.69, 9.17) is 0 Å². The van der Waals surface area contributed by atoms with Crippen LogP contribution in [-0.4, -0.2) is 12.6 Å². The third-order valence-corrected chi connectivity index (χ3v) is 3.23. The van der Waals surface area contributed by atoms with Crippen LogP contribution in [-0.2, 0) is 4.79 Å². The monoisotopic (exact) mass is 251 g/mol. The highest BCUT2D eigenvalue weighted by atomic mass is 16.1. The molecule has 0 aliphatic heterocycles. The molecular formula is C17H17NO. The van der Waals surface area contributed by atoms with E-state index < -0.39 is 0 Å². The van der Waals surface area contributed by atoms with Crippen molar-refractivity contribution in [1.29, 1.82) is 0 Å². The summed E-state index contributed by atoms with van der Waals surface area (Å²) in [5, 5.41) is 0. The largest absolute Gasteiger partial charge is 0.234 e. The summed E-state index contributed by atoms with van der Waals surface area (Å²) in [4.78, 5) is 13.7. The highest BCUT2D eigenvalue weighted by molar-refractivity contribution is 5.33. The van der Waals surface area contributed by atoms with Gasteiger partial charge in [0.05, 0.1) is 6.54 Å². The van der Waals surface area contributed by atoms with Crippen molar-refractivity contribution in [3.63, 3.8) is 0 Å². The molecule has 0 spiro atoms. The van der Waals surface area contributed by atoms with Gasteiger partial charge in [-0.3, -0.25) is 0 Å². The molecule has 0 aromatic heterocycles. The number of hydrogen-bond acceptors (Lipinski definition) is 2. The van der Waals surface area contributed by atoms with E-state index in [-0.39, 0.29) is 0 Å². The van der Waals surface area contributed by atoms with Gasteiger partial charge >= 0.3 is 0 Å². The van der Waals surface area contributed by atoms with Crippen molar-refractivity contribution in [3.05, 3.63) is 71.8 Å². The molecule has 0 fully saturated rings. The molecule has 2 heteroatoms. The normalized spacial score (nSPS) is 10.2. The fraction of sp³-hybridized carbons (Fsp3) is 0.235. The van der Waals surface area contributed by atoms with Gasteiger partial charge in [0.25, 0.3) is 0 Å². The van der Waals surface area contributed by atoms with E-state index >= 15 is 0 Å². The highest BCUT2D eigenvalue weighted by Crippen LogP contribution is 2.28. The Morgan fingerprint density at radius 1 is 0.895 bits per heavy atom. The van der Waals surface area contributed by atoms with Crippen molar-refractivity contribution in [1.82, 2.24) is 0 Å². The van der Waals surface area contributed by atoms with Crippen LogP contribution in [0.15, 0.2) is 65.7 Å². The summed E-state index contributed by atoms with van der Waals surface area (Å²) in [5.41, 5.74) is 2.62. The molecule has 2 aromatic rings. The molecular weight excluding hydrogens is 234 g/mol. The molecule has 19 heavy (non-hydrogen) atoms. The molecule has 0 N–H and O–H groups in total. The molecule has 0 aliphatic rings. The zero-order chi connectivity index (χ0) is 13.3. The lowest BCUT2D eigenvalue weighted by atomic mass is 9.87. The predicted molar refractivity (Wildman–Crippen MR) is 76.9 cm³/mol. The average Bonchev–Trinajstić information content (AvgIpc) is 2.49. The molecule has 0 saturated carbocycles. The first-order valence-corrected chi connectivity index (χ1v) is 6.55. The Morgan fingerprint density at radius 2 is 1.42 bits per heavy atom. The van der Waals surface area contributed by atoms with Crippen LogP contribution >= 0.6 is 0 Å². The Hall–Kier alpha value is -2.18. The molecule has 0 atom stereocenters. The van der Waals surface area contributed by atoms with E-state index in [1.165, 1.54) is 11.1 Å². The number of isocyanates is 1. The van der Waals surface area contributed by atoms with Gasteiger partial charge in [0.1, 0.15) is 0 Å². The predicted octanol–water partition coefficient (Wildman–Crippen LogP) is 3.93. The van der Waals surface area contributed by atoms with Crippen LogP contribution < -0.4 is 0 Å². The Labute approximate surface area is 113 Å². The Bertz CT molecular complexity index is 490. The molecule has 2 rings (SSSR count). The Balaban J connectivity index is 2.16. The summed E-state index contributed by atoms with van der Waals surface area (Å²) in [6.45, 7) is 0.555. The van der Waals surface area contributed by atoms with Crippen molar-refractivity contribution in [2.45, 2.75) is 18.8 Å². The maximum Gasteiger partial charge on any atom is 0.234 e. The molecule has 0 heterocycles. The van der Waals surface area contributed by atoms with Gasteiger partial charge in [0, 0.05) is 5.92 Å². The van der Waals surface area contributed by atoms with Gasteiger partial charge in [-0.1, -0.05) is 60.7 Å². The standard InChI is InChI=1S/C17H17NO/c19-14-18-13-7-12-17(15-8-3-1-4-9-15)16-10-5-2-6-11-16/h1-6,8-11,17H,7,12-13H2. The quantitative estimate of drug-likeness (QED) is 0.434. The van der Waals surface area contributed by atoms with Crippen molar-refractivity contribution >= 4 is 6.08 Å².